The van der Waals surface area contributed by atoms with Crippen molar-refractivity contribution in [2.24, 2.45) is 4.99 Å². The minimum atomic E-state index is 0. The average Bonchev–Trinajstić information content (AvgIpc) is 2.83. The number of anilines is 2. The van der Waals surface area contributed by atoms with Crippen LogP contribution >= 0.6 is 24.0 Å². The summed E-state index contributed by atoms with van der Waals surface area (Å²) in [6, 6.07) is 5.95. The summed E-state index contributed by atoms with van der Waals surface area (Å²) >= 11 is 0. The fourth-order valence-electron chi connectivity index (χ4n) is 3.77. The summed E-state index contributed by atoms with van der Waals surface area (Å²) in [5.74, 6) is 2.76. The Morgan fingerprint density at radius 3 is 2.39 bits per heavy atom. The summed E-state index contributed by atoms with van der Waals surface area (Å²) in [5.41, 5.74) is 1.14. The number of piperazine rings is 1. The van der Waals surface area contributed by atoms with Crippen molar-refractivity contribution >= 4 is 41.7 Å². The molecular weight excluding hydrogens is 507 g/mol. The third-order valence-corrected chi connectivity index (χ3v) is 5.33. The van der Waals surface area contributed by atoms with Crippen LogP contribution in [0.15, 0.2) is 41.8 Å². The molecule has 0 atom stereocenters. The maximum atomic E-state index is 5.48. The first kappa shape index (κ1) is 23.5. The lowest BCUT2D eigenvalue weighted by Crippen LogP contribution is -2.53. The van der Waals surface area contributed by atoms with Gasteiger partial charge in [-0.3, -0.25) is 0 Å². The van der Waals surface area contributed by atoms with Crippen LogP contribution in [0.4, 0.5) is 11.8 Å². The van der Waals surface area contributed by atoms with Crippen molar-refractivity contribution in [1.82, 2.24) is 25.2 Å². The van der Waals surface area contributed by atoms with E-state index < -0.39 is 0 Å². The highest BCUT2D eigenvalue weighted by Gasteiger charge is 2.21. The topological polar surface area (TPSA) is 82.0 Å². The standard InChI is InChI=1S/C21H30N8O.HI/c1-2-22-20(28-9-11-29(12-10-28)21-24-7-4-8-25-21)26-17-18-5-3-6-23-19(18)27-13-15-30-16-14-27;/h3-8H,2,9-17H2,1H3,(H,22,26);1H. The number of aliphatic imine (C=N–C) groups is 1. The Morgan fingerprint density at radius 1 is 0.968 bits per heavy atom. The first-order valence-corrected chi connectivity index (χ1v) is 10.7. The van der Waals surface area contributed by atoms with Crippen LogP contribution in [0.3, 0.4) is 0 Å². The van der Waals surface area contributed by atoms with Gasteiger partial charge in [0, 0.05) is 70.0 Å². The van der Waals surface area contributed by atoms with Gasteiger partial charge in [-0.25, -0.2) is 19.9 Å². The molecule has 168 valence electrons. The molecular formula is C21H31IN8O. The molecule has 0 amide bonds. The van der Waals surface area contributed by atoms with Crippen LogP contribution < -0.4 is 15.1 Å². The number of pyridine rings is 1. The monoisotopic (exact) mass is 538 g/mol. The normalized spacial score (nSPS) is 17.3. The molecule has 2 saturated heterocycles. The highest BCUT2D eigenvalue weighted by atomic mass is 127. The molecule has 0 bridgehead atoms. The predicted molar refractivity (Wildman–Crippen MR) is 133 cm³/mol. The molecule has 10 heteroatoms. The number of ether oxygens (including phenoxy) is 1. The van der Waals surface area contributed by atoms with Gasteiger partial charge in [-0.1, -0.05) is 6.07 Å². The summed E-state index contributed by atoms with van der Waals surface area (Å²) in [4.78, 5) is 25.1. The van der Waals surface area contributed by atoms with Crippen LogP contribution in [-0.2, 0) is 11.3 Å². The number of nitrogens with one attached hydrogen (secondary N) is 1. The van der Waals surface area contributed by atoms with E-state index in [4.69, 9.17) is 9.73 Å². The molecule has 4 rings (SSSR count). The zero-order valence-electron chi connectivity index (χ0n) is 18.0. The van der Waals surface area contributed by atoms with Gasteiger partial charge >= 0.3 is 0 Å². The van der Waals surface area contributed by atoms with Crippen LogP contribution in [-0.4, -0.2) is 84.8 Å². The van der Waals surface area contributed by atoms with Crippen molar-refractivity contribution < 1.29 is 4.74 Å². The van der Waals surface area contributed by atoms with E-state index >= 15 is 0 Å². The number of hydrogen-bond donors (Lipinski definition) is 1. The predicted octanol–water partition coefficient (Wildman–Crippen LogP) is 1.61. The Hall–Kier alpha value is -2.21. The highest BCUT2D eigenvalue weighted by Crippen LogP contribution is 2.19. The summed E-state index contributed by atoms with van der Waals surface area (Å²) in [6.07, 6.45) is 5.44. The lowest BCUT2D eigenvalue weighted by atomic mass is 10.2. The van der Waals surface area contributed by atoms with Gasteiger partial charge in [0.2, 0.25) is 5.95 Å². The van der Waals surface area contributed by atoms with Gasteiger partial charge in [-0.05, 0) is 19.1 Å². The largest absolute Gasteiger partial charge is 0.378 e. The van der Waals surface area contributed by atoms with Gasteiger partial charge < -0.3 is 24.8 Å². The molecule has 0 radical (unpaired) electrons. The molecule has 31 heavy (non-hydrogen) atoms. The molecule has 0 spiro atoms. The molecule has 0 aromatic carbocycles. The number of nitrogens with zero attached hydrogens (tertiary/aromatic N) is 7. The Kier molecular flexibility index (Phi) is 9.07. The second kappa shape index (κ2) is 12.0. The van der Waals surface area contributed by atoms with E-state index in [1.54, 1.807) is 12.4 Å². The molecule has 2 fully saturated rings. The van der Waals surface area contributed by atoms with E-state index in [1.807, 2.05) is 18.3 Å². The van der Waals surface area contributed by atoms with E-state index in [9.17, 15) is 0 Å². The van der Waals surface area contributed by atoms with E-state index in [-0.39, 0.29) is 24.0 Å². The molecule has 9 nitrogen and oxygen atoms in total. The zero-order valence-corrected chi connectivity index (χ0v) is 20.3. The first-order chi connectivity index (χ1) is 14.8. The molecule has 0 saturated carbocycles. The molecule has 2 aromatic heterocycles. The third-order valence-electron chi connectivity index (χ3n) is 5.33. The van der Waals surface area contributed by atoms with E-state index in [0.29, 0.717) is 6.54 Å². The summed E-state index contributed by atoms with van der Waals surface area (Å²) in [6.45, 7) is 10.3. The average molecular weight is 538 g/mol. The Labute approximate surface area is 200 Å². The lowest BCUT2D eigenvalue weighted by molar-refractivity contribution is 0.122. The second-order valence-electron chi connectivity index (χ2n) is 7.28. The molecule has 2 aromatic rings. The molecule has 1 N–H and O–H groups in total. The van der Waals surface area contributed by atoms with Crippen LogP contribution in [0.1, 0.15) is 12.5 Å². The molecule has 4 heterocycles. The van der Waals surface area contributed by atoms with Crippen LogP contribution in [0, 0.1) is 0 Å². The van der Waals surface area contributed by atoms with Crippen molar-refractivity contribution in [1.29, 1.82) is 0 Å². The summed E-state index contributed by atoms with van der Waals surface area (Å²) in [5, 5.41) is 3.45. The third kappa shape index (κ3) is 6.16. The maximum absolute atomic E-state index is 5.48. The minimum absolute atomic E-state index is 0. The smallest absolute Gasteiger partial charge is 0.225 e. The van der Waals surface area contributed by atoms with Gasteiger partial charge in [0.05, 0.1) is 19.8 Å². The molecule has 0 aliphatic carbocycles. The van der Waals surface area contributed by atoms with Crippen molar-refractivity contribution in [3.63, 3.8) is 0 Å². The van der Waals surface area contributed by atoms with Gasteiger partial charge in [-0.2, -0.15) is 0 Å². The van der Waals surface area contributed by atoms with Crippen LogP contribution in [0.25, 0.3) is 0 Å². The number of morpholine rings is 1. The van der Waals surface area contributed by atoms with Crippen molar-refractivity contribution in [3.8, 4) is 0 Å². The number of rotatable bonds is 5. The fraction of sp³-hybridized carbons (Fsp3) is 0.524. The molecule has 2 aliphatic heterocycles. The van der Waals surface area contributed by atoms with E-state index in [1.165, 1.54) is 0 Å². The maximum Gasteiger partial charge on any atom is 0.225 e. The number of hydrogen-bond acceptors (Lipinski definition) is 7. The SMILES string of the molecule is CCNC(=NCc1cccnc1N1CCOCC1)N1CCN(c2ncccn2)CC1.I. The second-order valence-corrected chi connectivity index (χ2v) is 7.28. The van der Waals surface area contributed by atoms with Crippen molar-refractivity contribution in [3.05, 3.63) is 42.4 Å². The van der Waals surface area contributed by atoms with Crippen molar-refractivity contribution in [2.75, 3.05) is 68.8 Å². The first-order valence-electron chi connectivity index (χ1n) is 10.7. The summed E-state index contributed by atoms with van der Waals surface area (Å²) < 4.78 is 5.48. The lowest BCUT2D eigenvalue weighted by Gasteiger charge is -2.36. The van der Waals surface area contributed by atoms with Gasteiger partial charge in [0.25, 0.3) is 0 Å². The molecule has 0 unspecified atom stereocenters. The highest BCUT2D eigenvalue weighted by molar-refractivity contribution is 14.0. The van der Waals surface area contributed by atoms with Crippen molar-refractivity contribution in [2.45, 2.75) is 13.5 Å². The zero-order chi connectivity index (χ0) is 20.6. The molecule has 2 aliphatic rings. The van der Waals surface area contributed by atoms with Gasteiger partial charge in [0.1, 0.15) is 5.82 Å². The summed E-state index contributed by atoms with van der Waals surface area (Å²) in [7, 11) is 0. The van der Waals surface area contributed by atoms with Gasteiger partial charge in [-0.15, -0.1) is 24.0 Å². The van der Waals surface area contributed by atoms with Crippen LogP contribution in [0.2, 0.25) is 0 Å². The van der Waals surface area contributed by atoms with E-state index in [2.05, 4.69) is 48.0 Å². The minimum Gasteiger partial charge on any atom is -0.378 e. The Balaban J connectivity index is 0.00000272. The quantitative estimate of drug-likeness (QED) is 0.350. The Bertz CT molecular complexity index is 823. The van der Waals surface area contributed by atoms with Crippen LogP contribution in [0.5, 0.6) is 0 Å². The van der Waals surface area contributed by atoms with E-state index in [0.717, 1.165) is 82.3 Å². The number of aromatic nitrogens is 3. The number of guanidine groups is 1. The number of halogens is 1. The fourth-order valence-corrected chi connectivity index (χ4v) is 3.77. The Morgan fingerprint density at radius 2 is 1.68 bits per heavy atom. The van der Waals surface area contributed by atoms with Gasteiger partial charge in [0.15, 0.2) is 5.96 Å².